The van der Waals surface area contributed by atoms with Crippen LogP contribution < -0.4 is 20.1 Å². The van der Waals surface area contributed by atoms with Crippen LogP contribution in [0.4, 0.5) is 4.79 Å². The highest BCUT2D eigenvalue weighted by atomic mass is 16.5. The topological polar surface area (TPSA) is 123 Å². The van der Waals surface area contributed by atoms with Gasteiger partial charge in [-0.2, -0.15) is 0 Å². The number of ether oxygens (including phenoxy) is 3. The SMILES string of the molecule is CCOc1ccc(OCCNC(=O)COC(=O)CN2C(=O)NC3(CC(C)CC(C)(C)C3)C2=O)cc1. The molecule has 10 nitrogen and oxygen atoms in total. The van der Waals surface area contributed by atoms with Gasteiger partial charge in [0.2, 0.25) is 0 Å². The van der Waals surface area contributed by atoms with E-state index in [0.29, 0.717) is 25.2 Å². The van der Waals surface area contributed by atoms with Gasteiger partial charge in [0.05, 0.1) is 13.2 Å². The molecule has 2 N–H and O–H groups in total. The normalized spacial score (nSPS) is 23.1. The van der Waals surface area contributed by atoms with Crippen molar-refractivity contribution >= 4 is 23.8 Å². The lowest BCUT2D eigenvalue weighted by molar-refractivity contribution is -0.151. The highest BCUT2D eigenvalue weighted by molar-refractivity contribution is 6.08. The van der Waals surface area contributed by atoms with Crippen LogP contribution in [0, 0.1) is 11.3 Å². The molecule has 0 bridgehead atoms. The van der Waals surface area contributed by atoms with Crippen molar-refractivity contribution in [2.45, 2.75) is 52.5 Å². The first-order chi connectivity index (χ1) is 16.5. The van der Waals surface area contributed by atoms with E-state index in [1.165, 1.54) is 0 Å². The van der Waals surface area contributed by atoms with Crippen LogP contribution in [0.15, 0.2) is 24.3 Å². The molecule has 1 heterocycles. The number of esters is 1. The van der Waals surface area contributed by atoms with Gasteiger partial charge in [0.25, 0.3) is 11.8 Å². The van der Waals surface area contributed by atoms with Crippen LogP contribution in [0.5, 0.6) is 11.5 Å². The van der Waals surface area contributed by atoms with Crippen molar-refractivity contribution in [2.24, 2.45) is 11.3 Å². The van der Waals surface area contributed by atoms with Crippen LogP contribution in [0.2, 0.25) is 0 Å². The number of amides is 4. The zero-order chi connectivity index (χ0) is 25.6. The Balaban J connectivity index is 1.38. The summed E-state index contributed by atoms with van der Waals surface area (Å²) in [6.07, 6.45) is 2.01. The molecule has 35 heavy (non-hydrogen) atoms. The molecule has 1 spiro atoms. The minimum absolute atomic E-state index is 0.105. The third-order valence-corrected chi connectivity index (χ3v) is 6.10. The van der Waals surface area contributed by atoms with Crippen molar-refractivity contribution in [3.8, 4) is 11.5 Å². The second kappa shape index (κ2) is 11.0. The van der Waals surface area contributed by atoms with Gasteiger partial charge in [0.1, 0.15) is 30.2 Å². The van der Waals surface area contributed by atoms with Crippen LogP contribution in [0.25, 0.3) is 0 Å². The van der Waals surface area contributed by atoms with E-state index in [1.54, 1.807) is 24.3 Å². The highest BCUT2D eigenvalue weighted by Crippen LogP contribution is 2.46. The van der Waals surface area contributed by atoms with Crippen LogP contribution >= 0.6 is 0 Å². The van der Waals surface area contributed by atoms with Crippen molar-refractivity contribution in [2.75, 3.05) is 32.9 Å². The van der Waals surface area contributed by atoms with E-state index in [4.69, 9.17) is 14.2 Å². The van der Waals surface area contributed by atoms with Gasteiger partial charge in [-0.15, -0.1) is 0 Å². The number of imide groups is 1. The zero-order valence-electron chi connectivity index (χ0n) is 20.8. The summed E-state index contributed by atoms with van der Waals surface area (Å²) in [6.45, 7) is 8.08. The van der Waals surface area contributed by atoms with Crippen LogP contribution in [0.3, 0.4) is 0 Å². The molecule has 1 aromatic carbocycles. The summed E-state index contributed by atoms with van der Waals surface area (Å²) in [5.41, 5.74) is -1.09. The monoisotopic (exact) mass is 489 g/mol. The van der Waals surface area contributed by atoms with Crippen LogP contribution in [-0.2, 0) is 19.1 Å². The zero-order valence-corrected chi connectivity index (χ0v) is 20.8. The summed E-state index contributed by atoms with van der Waals surface area (Å²) in [4.78, 5) is 50.6. The molecule has 2 atom stereocenters. The Morgan fingerprint density at radius 3 is 2.40 bits per heavy atom. The number of carbonyl (C=O) groups is 4. The first kappa shape index (κ1) is 26.3. The van der Waals surface area contributed by atoms with Crippen molar-refractivity contribution in [3.63, 3.8) is 0 Å². The number of carbonyl (C=O) groups excluding carboxylic acids is 4. The Labute approximate surface area is 205 Å². The van der Waals surface area contributed by atoms with Crippen molar-refractivity contribution in [1.82, 2.24) is 15.5 Å². The van der Waals surface area contributed by atoms with Gasteiger partial charge in [-0.05, 0) is 61.8 Å². The Bertz CT molecular complexity index is 947. The molecule has 4 amide bonds. The second-order valence-electron chi connectivity index (χ2n) is 10.0. The number of rotatable bonds is 10. The van der Waals surface area contributed by atoms with E-state index in [2.05, 4.69) is 31.4 Å². The Kier molecular flexibility index (Phi) is 8.24. The minimum Gasteiger partial charge on any atom is -0.494 e. The number of hydrogen-bond acceptors (Lipinski definition) is 7. The Hall–Kier alpha value is -3.30. The first-order valence-electron chi connectivity index (χ1n) is 12.0. The predicted octanol–water partition coefficient (Wildman–Crippen LogP) is 2.26. The van der Waals surface area contributed by atoms with Crippen molar-refractivity contribution in [3.05, 3.63) is 24.3 Å². The Morgan fingerprint density at radius 2 is 1.77 bits per heavy atom. The van der Waals surface area contributed by atoms with E-state index in [1.807, 2.05) is 6.92 Å². The predicted molar refractivity (Wildman–Crippen MR) is 127 cm³/mol. The fraction of sp³-hybridized carbons (Fsp3) is 0.600. The third-order valence-electron chi connectivity index (χ3n) is 6.10. The van der Waals surface area contributed by atoms with Gasteiger partial charge in [-0.25, -0.2) is 4.79 Å². The fourth-order valence-electron chi connectivity index (χ4n) is 5.18. The molecule has 1 aromatic rings. The largest absolute Gasteiger partial charge is 0.494 e. The number of benzene rings is 1. The molecule has 192 valence electrons. The fourth-order valence-corrected chi connectivity index (χ4v) is 5.18. The van der Waals surface area contributed by atoms with Crippen molar-refractivity contribution in [1.29, 1.82) is 0 Å². The van der Waals surface area contributed by atoms with E-state index >= 15 is 0 Å². The van der Waals surface area contributed by atoms with Gasteiger partial charge >= 0.3 is 12.0 Å². The van der Waals surface area contributed by atoms with Gasteiger partial charge in [-0.1, -0.05) is 20.8 Å². The maximum absolute atomic E-state index is 13.1. The maximum Gasteiger partial charge on any atom is 0.326 e. The summed E-state index contributed by atoms with van der Waals surface area (Å²) in [5, 5.41) is 5.40. The molecule has 0 aromatic heterocycles. The highest BCUT2D eigenvalue weighted by Gasteiger charge is 2.56. The minimum atomic E-state index is -0.987. The molecular weight excluding hydrogens is 454 g/mol. The number of urea groups is 1. The maximum atomic E-state index is 13.1. The van der Waals surface area contributed by atoms with Gasteiger partial charge in [0.15, 0.2) is 6.61 Å². The summed E-state index contributed by atoms with van der Waals surface area (Å²) < 4.78 is 15.9. The summed E-state index contributed by atoms with van der Waals surface area (Å²) in [7, 11) is 0. The molecular formula is C25H35N3O7. The van der Waals surface area contributed by atoms with Crippen molar-refractivity contribution < 1.29 is 33.4 Å². The summed E-state index contributed by atoms with van der Waals surface area (Å²) >= 11 is 0. The van der Waals surface area contributed by atoms with Crippen LogP contribution in [-0.4, -0.2) is 67.2 Å². The quantitative estimate of drug-likeness (QED) is 0.294. The summed E-state index contributed by atoms with van der Waals surface area (Å²) in [6, 6.07) is 6.51. The van der Waals surface area contributed by atoms with Gasteiger partial charge < -0.3 is 24.8 Å². The van der Waals surface area contributed by atoms with E-state index < -0.39 is 42.5 Å². The smallest absolute Gasteiger partial charge is 0.326 e. The standard InChI is InChI=1S/C25H35N3O7/c1-5-33-18-6-8-19(9-7-18)34-11-10-26-20(29)15-35-21(30)14-28-22(31)25(27-23(28)32)13-17(2)12-24(3,4)16-25/h6-9,17H,5,10-16H2,1-4H3,(H,26,29)(H,27,32). The van der Waals surface area contributed by atoms with Gasteiger partial charge in [-0.3, -0.25) is 19.3 Å². The lowest BCUT2D eigenvalue weighted by Crippen LogP contribution is -2.54. The Morgan fingerprint density at radius 1 is 1.11 bits per heavy atom. The number of nitrogens with one attached hydrogen (secondary N) is 2. The lowest BCUT2D eigenvalue weighted by atomic mass is 9.64. The third kappa shape index (κ3) is 6.86. The second-order valence-corrected chi connectivity index (χ2v) is 10.0. The molecule has 10 heteroatoms. The first-order valence-corrected chi connectivity index (χ1v) is 12.0. The van der Waals surface area contributed by atoms with Crippen LogP contribution in [0.1, 0.15) is 47.0 Å². The van der Waals surface area contributed by atoms with Gasteiger partial charge in [0, 0.05) is 0 Å². The molecule has 0 radical (unpaired) electrons. The molecule has 1 saturated heterocycles. The number of nitrogens with zero attached hydrogens (tertiary/aromatic N) is 1. The van der Waals surface area contributed by atoms with E-state index in [-0.39, 0.29) is 24.5 Å². The molecule has 1 aliphatic heterocycles. The van der Waals surface area contributed by atoms with E-state index in [0.717, 1.165) is 17.1 Å². The molecule has 2 aliphatic rings. The average molecular weight is 490 g/mol. The molecule has 1 saturated carbocycles. The number of hydrogen-bond donors (Lipinski definition) is 2. The summed E-state index contributed by atoms with van der Waals surface area (Å²) in [5.74, 6) is -0.0989. The van der Waals surface area contributed by atoms with E-state index in [9.17, 15) is 19.2 Å². The molecule has 2 fully saturated rings. The molecule has 2 unspecified atom stereocenters. The molecule has 3 rings (SSSR count). The average Bonchev–Trinajstić information content (AvgIpc) is 2.98. The molecule has 1 aliphatic carbocycles. The lowest BCUT2D eigenvalue weighted by Gasteiger charge is -2.43.